The summed E-state index contributed by atoms with van der Waals surface area (Å²) in [6, 6.07) is 0. The first kappa shape index (κ1) is 16.1. The first-order chi connectivity index (χ1) is 10.7. The van der Waals surface area contributed by atoms with Crippen molar-refractivity contribution in [2.24, 2.45) is 5.92 Å². The Morgan fingerprint density at radius 1 is 1.61 bits per heavy atom. The highest BCUT2D eigenvalue weighted by atomic mass is 31.2. The Hall–Kier alpha value is -1.74. The Kier molecular flexibility index (Phi) is 3.80. The number of ether oxygens (including phenoxy) is 1. The van der Waals surface area contributed by atoms with Gasteiger partial charge in [0.2, 0.25) is 5.95 Å². The van der Waals surface area contributed by atoms with E-state index in [-0.39, 0.29) is 17.4 Å². The molecule has 10 nitrogen and oxygen atoms in total. The van der Waals surface area contributed by atoms with E-state index in [4.69, 9.17) is 20.3 Å². The number of hydrogen-bond donors (Lipinski definition) is 4. The van der Waals surface area contributed by atoms with Gasteiger partial charge in [-0.1, -0.05) is 13.3 Å². The number of H-pyrrole nitrogens is 1. The van der Waals surface area contributed by atoms with E-state index in [1.165, 1.54) is 6.33 Å². The SMILES string of the molecule is CC[C@H]1C[C@]1(Cn1cnc2c(=O)[nH]c(N)nc21)OCP(=O)(O)O. The van der Waals surface area contributed by atoms with Crippen LogP contribution >= 0.6 is 7.60 Å². The lowest BCUT2D eigenvalue weighted by molar-refractivity contribution is 0.0281. The number of nitrogens with one attached hydrogen (secondary N) is 1. The molecule has 0 saturated heterocycles. The van der Waals surface area contributed by atoms with Crippen LogP contribution in [0.5, 0.6) is 0 Å². The molecule has 11 heteroatoms. The van der Waals surface area contributed by atoms with Gasteiger partial charge in [0.1, 0.15) is 6.35 Å². The Balaban J connectivity index is 1.90. The van der Waals surface area contributed by atoms with Gasteiger partial charge < -0.3 is 24.8 Å². The van der Waals surface area contributed by atoms with Gasteiger partial charge in [0.05, 0.1) is 18.5 Å². The van der Waals surface area contributed by atoms with Crippen molar-refractivity contribution in [3.63, 3.8) is 0 Å². The molecule has 23 heavy (non-hydrogen) atoms. The minimum Gasteiger partial charge on any atom is -0.369 e. The van der Waals surface area contributed by atoms with Crippen LogP contribution in [0, 0.1) is 5.92 Å². The monoisotopic (exact) mass is 343 g/mol. The summed E-state index contributed by atoms with van der Waals surface area (Å²) in [4.78, 5) is 40.3. The minimum absolute atomic E-state index is 0.0164. The van der Waals surface area contributed by atoms with Crippen molar-refractivity contribution in [1.82, 2.24) is 19.5 Å². The lowest BCUT2D eigenvalue weighted by Gasteiger charge is -2.19. The number of aromatic nitrogens is 4. The van der Waals surface area contributed by atoms with E-state index < -0.39 is 25.1 Å². The molecule has 0 bridgehead atoms. The van der Waals surface area contributed by atoms with Gasteiger partial charge in [-0.3, -0.25) is 14.3 Å². The number of anilines is 1. The molecule has 1 saturated carbocycles. The maximum atomic E-state index is 11.8. The fourth-order valence-corrected chi connectivity index (χ4v) is 3.30. The van der Waals surface area contributed by atoms with E-state index in [1.807, 2.05) is 6.92 Å². The van der Waals surface area contributed by atoms with Crippen LogP contribution in [-0.4, -0.2) is 41.3 Å². The molecule has 2 aromatic rings. The molecule has 3 rings (SSSR count). The fraction of sp³-hybridized carbons (Fsp3) is 0.583. The van der Waals surface area contributed by atoms with Crippen molar-refractivity contribution in [1.29, 1.82) is 0 Å². The predicted molar refractivity (Wildman–Crippen MR) is 81.7 cm³/mol. The van der Waals surface area contributed by atoms with E-state index in [0.29, 0.717) is 18.6 Å². The molecule has 0 aromatic carbocycles. The average Bonchev–Trinajstić information content (AvgIpc) is 3.01. The summed E-state index contributed by atoms with van der Waals surface area (Å²) in [7, 11) is -4.25. The molecule has 0 aliphatic heterocycles. The Labute approximate surface area is 130 Å². The summed E-state index contributed by atoms with van der Waals surface area (Å²) in [6.07, 6.45) is 2.33. The van der Waals surface area contributed by atoms with E-state index in [0.717, 1.165) is 6.42 Å². The van der Waals surface area contributed by atoms with Crippen molar-refractivity contribution in [2.45, 2.75) is 31.9 Å². The van der Waals surface area contributed by atoms with Gasteiger partial charge in [-0.15, -0.1) is 0 Å². The zero-order valence-corrected chi connectivity index (χ0v) is 13.4. The normalized spacial score (nSPS) is 24.2. The van der Waals surface area contributed by atoms with Crippen molar-refractivity contribution in [2.75, 3.05) is 12.1 Å². The number of hydrogen-bond acceptors (Lipinski definition) is 6. The van der Waals surface area contributed by atoms with Crippen LogP contribution in [-0.2, 0) is 15.8 Å². The maximum absolute atomic E-state index is 11.8. The number of nitrogens with zero attached hydrogens (tertiary/aromatic N) is 3. The number of rotatable bonds is 6. The lowest BCUT2D eigenvalue weighted by Crippen LogP contribution is -2.25. The zero-order chi connectivity index (χ0) is 16.8. The van der Waals surface area contributed by atoms with Gasteiger partial charge in [-0.25, -0.2) is 4.98 Å². The Bertz CT molecular complexity index is 842. The van der Waals surface area contributed by atoms with Crippen LogP contribution < -0.4 is 11.3 Å². The second-order valence-electron chi connectivity index (χ2n) is 5.81. The Morgan fingerprint density at radius 3 is 2.96 bits per heavy atom. The predicted octanol–water partition coefficient (Wildman–Crippen LogP) is 0.0223. The third kappa shape index (κ3) is 3.16. The molecule has 126 valence electrons. The van der Waals surface area contributed by atoms with Crippen molar-refractivity contribution < 1.29 is 19.1 Å². The van der Waals surface area contributed by atoms with Crippen molar-refractivity contribution in [3.05, 3.63) is 16.7 Å². The van der Waals surface area contributed by atoms with Gasteiger partial charge >= 0.3 is 7.60 Å². The maximum Gasteiger partial charge on any atom is 0.351 e. The van der Waals surface area contributed by atoms with Crippen LogP contribution in [0.4, 0.5) is 5.95 Å². The van der Waals surface area contributed by atoms with Crippen molar-refractivity contribution in [3.8, 4) is 0 Å². The van der Waals surface area contributed by atoms with Crippen LogP contribution in [0.15, 0.2) is 11.1 Å². The average molecular weight is 343 g/mol. The third-order valence-electron chi connectivity index (χ3n) is 4.12. The number of nitrogens with two attached hydrogens (primary N) is 1. The zero-order valence-electron chi connectivity index (χ0n) is 12.5. The van der Waals surface area contributed by atoms with Crippen molar-refractivity contribution >= 4 is 24.7 Å². The summed E-state index contributed by atoms with van der Waals surface area (Å²) < 4.78 is 18.3. The molecule has 1 aliphatic carbocycles. The van der Waals surface area contributed by atoms with Crippen LogP contribution in [0.1, 0.15) is 19.8 Å². The molecule has 0 radical (unpaired) electrons. The summed E-state index contributed by atoms with van der Waals surface area (Å²) in [6.45, 7) is 2.29. The van der Waals surface area contributed by atoms with Gasteiger partial charge in [0.15, 0.2) is 11.2 Å². The molecule has 1 fully saturated rings. The highest BCUT2D eigenvalue weighted by Crippen LogP contribution is 2.52. The van der Waals surface area contributed by atoms with E-state index in [9.17, 15) is 9.36 Å². The fourth-order valence-electron chi connectivity index (χ4n) is 2.88. The first-order valence-corrected chi connectivity index (χ1v) is 8.93. The molecule has 2 heterocycles. The van der Waals surface area contributed by atoms with Gasteiger partial charge in [-0.05, 0) is 12.3 Å². The second kappa shape index (κ2) is 5.41. The molecular formula is C12H18N5O5P. The molecule has 2 atom stereocenters. The molecule has 0 amide bonds. The second-order valence-corrected chi connectivity index (χ2v) is 7.40. The molecule has 5 N–H and O–H groups in total. The molecular weight excluding hydrogens is 325 g/mol. The smallest absolute Gasteiger partial charge is 0.351 e. The highest BCUT2D eigenvalue weighted by molar-refractivity contribution is 7.51. The number of fused-ring (bicyclic) bond motifs is 1. The summed E-state index contributed by atoms with van der Waals surface area (Å²) in [5.74, 6) is 0.170. The standard InChI is InChI=1S/C12H18N5O5P/c1-2-7-3-12(7,22-6-23(19,20)21)4-17-5-14-8-9(17)15-11(13)16-10(8)18/h5,7H,2-4,6H2,1H3,(H2,19,20,21)(H3,13,15,16,18)/t7-,12+/m0/s1. The summed E-state index contributed by atoms with van der Waals surface area (Å²) >= 11 is 0. The van der Waals surface area contributed by atoms with E-state index in [2.05, 4.69) is 15.0 Å². The lowest BCUT2D eigenvalue weighted by atomic mass is 10.2. The van der Waals surface area contributed by atoms with E-state index >= 15 is 0 Å². The number of aromatic amines is 1. The first-order valence-electron chi connectivity index (χ1n) is 7.13. The Morgan fingerprint density at radius 2 is 2.35 bits per heavy atom. The van der Waals surface area contributed by atoms with Gasteiger partial charge in [0.25, 0.3) is 5.56 Å². The van der Waals surface area contributed by atoms with Crippen LogP contribution in [0.3, 0.4) is 0 Å². The third-order valence-corrected chi connectivity index (χ3v) is 4.59. The molecule has 2 aromatic heterocycles. The summed E-state index contributed by atoms with van der Waals surface area (Å²) in [5.41, 5.74) is 4.94. The molecule has 0 spiro atoms. The van der Waals surface area contributed by atoms with Crippen LogP contribution in [0.25, 0.3) is 11.2 Å². The van der Waals surface area contributed by atoms with E-state index in [1.54, 1.807) is 4.57 Å². The highest BCUT2D eigenvalue weighted by Gasteiger charge is 2.55. The molecule has 0 unspecified atom stereocenters. The minimum atomic E-state index is -4.25. The number of nitrogen functional groups attached to an aromatic ring is 1. The topological polar surface area (TPSA) is 156 Å². The molecule has 1 aliphatic rings. The quantitative estimate of drug-likeness (QED) is 0.535. The number of imidazole rings is 1. The summed E-state index contributed by atoms with van der Waals surface area (Å²) in [5, 5.41) is 0. The van der Waals surface area contributed by atoms with Gasteiger partial charge in [0, 0.05) is 0 Å². The van der Waals surface area contributed by atoms with Gasteiger partial charge in [-0.2, -0.15) is 4.98 Å². The largest absolute Gasteiger partial charge is 0.369 e. The van der Waals surface area contributed by atoms with Crippen LogP contribution in [0.2, 0.25) is 0 Å².